The third-order valence-electron chi connectivity index (χ3n) is 6.80. The molecule has 0 radical (unpaired) electrons. The fourth-order valence-corrected chi connectivity index (χ4v) is 9.54. The Kier molecular flexibility index (Phi) is 11.5. The van der Waals surface area contributed by atoms with E-state index in [4.69, 9.17) is 13.9 Å². The van der Waals surface area contributed by atoms with Crippen LogP contribution in [-0.2, 0) is 23.5 Å². The molecule has 0 bridgehead atoms. The third kappa shape index (κ3) is 8.02. The van der Waals surface area contributed by atoms with Gasteiger partial charge in [-0.1, -0.05) is 113 Å². The van der Waals surface area contributed by atoms with Gasteiger partial charge in [-0.3, -0.25) is 0 Å². The molecule has 212 valence electrons. The van der Waals surface area contributed by atoms with E-state index in [1.807, 2.05) is 12.1 Å². The Labute approximate surface area is 236 Å². The summed E-state index contributed by atoms with van der Waals surface area (Å²) in [4.78, 5) is 25.3. The molecule has 5 nitrogen and oxygen atoms in total. The highest BCUT2D eigenvalue weighted by molar-refractivity contribution is 6.99. The quantitative estimate of drug-likeness (QED) is 0.0768. The predicted molar refractivity (Wildman–Crippen MR) is 162 cm³/mol. The molecule has 0 aromatic heterocycles. The number of rotatable bonds is 12. The minimum absolute atomic E-state index is 0.0758. The smallest absolute Gasteiger partial charge is 0.345 e. The zero-order chi connectivity index (χ0) is 29.3. The van der Waals surface area contributed by atoms with Gasteiger partial charge in [0.1, 0.15) is 5.57 Å². The number of benzene rings is 2. The highest BCUT2D eigenvalue weighted by Crippen LogP contribution is 2.41. The summed E-state index contributed by atoms with van der Waals surface area (Å²) in [7, 11) is -2.86. The largest absolute Gasteiger partial charge is 0.462 e. The predicted octanol–water partition coefficient (Wildman–Crippen LogP) is 6.37. The van der Waals surface area contributed by atoms with Crippen LogP contribution in [0.4, 0.5) is 0 Å². The number of carbonyl (C=O) groups is 2. The van der Waals surface area contributed by atoms with Crippen molar-refractivity contribution in [3.8, 4) is 0 Å². The monoisotopic (exact) mass is 550 g/mol. The molecule has 2 aromatic rings. The molecule has 0 heterocycles. The number of esters is 2. The van der Waals surface area contributed by atoms with Gasteiger partial charge in [-0.2, -0.15) is 0 Å². The first-order valence-electron chi connectivity index (χ1n) is 13.8. The average molecular weight is 551 g/mol. The zero-order valence-corrected chi connectivity index (χ0v) is 26.2. The number of carbonyl (C=O) groups excluding carboxylic acids is 2. The highest BCUT2D eigenvalue weighted by Gasteiger charge is 2.52. The molecule has 0 aliphatic rings. The number of allylic oxidation sites excluding steroid dienone is 2. The molecule has 0 aliphatic heterocycles. The van der Waals surface area contributed by atoms with Gasteiger partial charge in [0.2, 0.25) is 0 Å². The molecule has 0 spiro atoms. The summed E-state index contributed by atoms with van der Waals surface area (Å²) >= 11 is 0. The Morgan fingerprint density at radius 3 is 1.59 bits per heavy atom. The molecule has 0 aliphatic carbocycles. The second-order valence-corrected chi connectivity index (χ2v) is 15.9. The van der Waals surface area contributed by atoms with Crippen LogP contribution in [0.1, 0.15) is 68.7 Å². The van der Waals surface area contributed by atoms with Crippen LogP contribution in [0, 0.1) is 5.41 Å². The van der Waals surface area contributed by atoms with Crippen molar-refractivity contribution in [2.24, 2.45) is 5.41 Å². The first-order valence-corrected chi connectivity index (χ1v) is 15.7. The molecular formula is C33H46O5Si. The molecule has 1 unspecified atom stereocenters. The summed E-state index contributed by atoms with van der Waals surface area (Å²) in [6.45, 7) is 18.9. The molecule has 0 saturated carbocycles. The van der Waals surface area contributed by atoms with Crippen molar-refractivity contribution in [1.82, 2.24) is 0 Å². The topological polar surface area (TPSA) is 61.8 Å². The molecule has 2 rings (SSSR count). The van der Waals surface area contributed by atoms with E-state index >= 15 is 0 Å². The van der Waals surface area contributed by atoms with E-state index in [2.05, 4.69) is 103 Å². The molecule has 39 heavy (non-hydrogen) atoms. The molecule has 0 saturated heterocycles. The van der Waals surface area contributed by atoms with Crippen LogP contribution in [0.15, 0.2) is 84.0 Å². The standard InChI is InChI=1S/C33H46O5Si/c1-10-36-30(34)28(31(35)37-11-2)22-23-33(8,9)29(24-25(3)4)38-39(32(5,6)7,26-18-14-12-15-19-26)27-20-16-13-17-21-27/h12-22,24,29H,10-11,23H2,1-9H3. The molecule has 1 atom stereocenters. The van der Waals surface area contributed by atoms with Crippen molar-refractivity contribution < 1.29 is 23.5 Å². The van der Waals surface area contributed by atoms with Crippen LogP contribution in [-0.4, -0.2) is 39.6 Å². The molecule has 0 amide bonds. The molecule has 2 aromatic carbocycles. The van der Waals surface area contributed by atoms with Crippen molar-refractivity contribution in [2.75, 3.05) is 13.2 Å². The Bertz CT molecular complexity index is 1080. The minimum atomic E-state index is -2.86. The van der Waals surface area contributed by atoms with Crippen LogP contribution in [0.2, 0.25) is 5.04 Å². The van der Waals surface area contributed by atoms with Crippen molar-refractivity contribution in [1.29, 1.82) is 0 Å². The second kappa shape index (κ2) is 13.9. The second-order valence-electron chi connectivity index (χ2n) is 11.7. The van der Waals surface area contributed by atoms with Crippen LogP contribution >= 0.6 is 0 Å². The van der Waals surface area contributed by atoms with E-state index in [9.17, 15) is 9.59 Å². The summed E-state index contributed by atoms with van der Waals surface area (Å²) in [6, 6.07) is 21.1. The van der Waals surface area contributed by atoms with E-state index in [1.165, 1.54) is 10.4 Å². The normalized spacial score (nSPS) is 12.7. The van der Waals surface area contributed by atoms with Gasteiger partial charge in [-0.05, 0) is 54.9 Å². The lowest BCUT2D eigenvalue weighted by molar-refractivity contribution is -0.146. The first kappa shape index (κ1) is 32.2. The summed E-state index contributed by atoms with van der Waals surface area (Å²) in [5, 5.41) is 2.19. The Morgan fingerprint density at radius 1 is 0.795 bits per heavy atom. The SMILES string of the molecule is CCOC(=O)C(=CCC(C)(C)C(C=C(C)C)O[Si](c1ccccc1)(c1ccccc1)C(C)(C)C)C(=O)OCC. The molecule has 0 fully saturated rings. The van der Waals surface area contributed by atoms with Crippen molar-refractivity contribution >= 4 is 30.6 Å². The summed E-state index contributed by atoms with van der Waals surface area (Å²) in [6.07, 6.45) is 3.92. The Hall–Kier alpha value is -2.96. The van der Waals surface area contributed by atoms with Gasteiger partial charge in [0.25, 0.3) is 8.32 Å². The van der Waals surface area contributed by atoms with Gasteiger partial charge < -0.3 is 13.9 Å². The lowest BCUT2D eigenvalue weighted by Gasteiger charge is -2.47. The Balaban J connectivity index is 2.69. The third-order valence-corrected chi connectivity index (χ3v) is 11.8. The fraction of sp³-hybridized carbons (Fsp3) is 0.455. The molecule has 0 N–H and O–H groups in total. The van der Waals surface area contributed by atoms with E-state index < -0.39 is 25.7 Å². The van der Waals surface area contributed by atoms with E-state index in [1.54, 1.807) is 19.9 Å². The summed E-state index contributed by atoms with van der Waals surface area (Å²) < 4.78 is 17.8. The van der Waals surface area contributed by atoms with Gasteiger partial charge in [0.05, 0.1) is 19.3 Å². The fourth-order valence-electron chi connectivity index (χ4n) is 4.75. The molecular weight excluding hydrogens is 504 g/mol. The van der Waals surface area contributed by atoms with Gasteiger partial charge >= 0.3 is 11.9 Å². The van der Waals surface area contributed by atoms with Gasteiger partial charge in [-0.25, -0.2) is 9.59 Å². The maximum atomic E-state index is 12.6. The molecule has 6 heteroatoms. The number of hydrogen-bond acceptors (Lipinski definition) is 5. The lowest BCUT2D eigenvalue weighted by atomic mass is 9.81. The zero-order valence-electron chi connectivity index (χ0n) is 25.2. The van der Waals surface area contributed by atoms with Gasteiger partial charge in [0.15, 0.2) is 0 Å². The number of hydrogen-bond donors (Lipinski definition) is 0. The average Bonchev–Trinajstić information content (AvgIpc) is 2.87. The van der Waals surface area contributed by atoms with Crippen molar-refractivity contribution in [2.45, 2.75) is 79.9 Å². The highest BCUT2D eigenvalue weighted by atomic mass is 28.4. The maximum absolute atomic E-state index is 12.6. The van der Waals surface area contributed by atoms with Crippen molar-refractivity contribution in [3.05, 3.63) is 84.0 Å². The lowest BCUT2D eigenvalue weighted by Crippen LogP contribution is -2.68. The van der Waals surface area contributed by atoms with E-state index in [0.29, 0.717) is 6.42 Å². The van der Waals surface area contributed by atoms with Crippen LogP contribution in [0.5, 0.6) is 0 Å². The summed E-state index contributed by atoms with van der Waals surface area (Å²) in [5.41, 5.74) is 0.577. The van der Waals surface area contributed by atoms with Crippen LogP contribution < -0.4 is 10.4 Å². The Morgan fingerprint density at radius 2 is 1.23 bits per heavy atom. The van der Waals surface area contributed by atoms with Crippen molar-refractivity contribution in [3.63, 3.8) is 0 Å². The first-order chi connectivity index (χ1) is 18.3. The number of ether oxygens (including phenoxy) is 2. The summed E-state index contributed by atoms with van der Waals surface area (Å²) in [5.74, 6) is -1.34. The maximum Gasteiger partial charge on any atom is 0.345 e. The van der Waals surface area contributed by atoms with E-state index in [0.717, 1.165) is 5.57 Å². The van der Waals surface area contributed by atoms with E-state index in [-0.39, 0.29) is 29.9 Å². The van der Waals surface area contributed by atoms with Crippen LogP contribution in [0.25, 0.3) is 0 Å². The van der Waals surface area contributed by atoms with Gasteiger partial charge in [-0.15, -0.1) is 0 Å². The van der Waals surface area contributed by atoms with Gasteiger partial charge in [0, 0.05) is 0 Å². The minimum Gasteiger partial charge on any atom is -0.462 e. The van der Waals surface area contributed by atoms with Crippen LogP contribution in [0.3, 0.4) is 0 Å².